The first-order valence-corrected chi connectivity index (χ1v) is 6.29. The van der Waals surface area contributed by atoms with Gasteiger partial charge in [0.2, 0.25) is 0 Å². The smallest absolute Gasteiger partial charge is 0.133 e. The molecule has 0 aliphatic heterocycles. The van der Waals surface area contributed by atoms with Gasteiger partial charge in [0.1, 0.15) is 18.1 Å². The monoisotopic (exact) mass is 307 g/mol. The van der Waals surface area contributed by atoms with E-state index in [4.69, 9.17) is 15.2 Å². The van der Waals surface area contributed by atoms with E-state index < -0.39 is 0 Å². The van der Waals surface area contributed by atoms with Crippen LogP contribution in [0.1, 0.15) is 5.56 Å². The molecule has 0 fully saturated rings. The average molecular weight is 308 g/mol. The molecule has 3 nitrogen and oxygen atoms in total. The van der Waals surface area contributed by atoms with Gasteiger partial charge in [-0.05, 0) is 57.9 Å². The minimum atomic E-state index is 0.506. The Morgan fingerprint density at radius 2 is 1.83 bits per heavy atom. The zero-order chi connectivity index (χ0) is 13.0. The molecule has 0 aromatic heterocycles. The summed E-state index contributed by atoms with van der Waals surface area (Å²) in [5.74, 6) is 1.61. The molecule has 0 spiro atoms. The van der Waals surface area contributed by atoms with Gasteiger partial charge in [-0.25, -0.2) is 0 Å². The van der Waals surface area contributed by atoms with Crippen LogP contribution < -0.4 is 15.2 Å². The molecule has 2 aromatic carbocycles. The second-order valence-electron chi connectivity index (χ2n) is 3.83. The summed E-state index contributed by atoms with van der Waals surface area (Å²) in [5.41, 5.74) is 7.41. The summed E-state index contributed by atoms with van der Waals surface area (Å²) in [6.07, 6.45) is 0. The van der Waals surface area contributed by atoms with Gasteiger partial charge in [0.25, 0.3) is 0 Å². The summed E-state index contributed by atoms with van der Waals surface area (Å²) in [6, 6.07) is 13.2. The molecule has 94 valence electrons. The number of benzene rings is 2. The highest BCUT2D eigenvalue weighted by Gasteiger charge is 2.02. The lowest BCUT2D eigenvalue weighted by Gasteiger charge is -2.08. The van der Waals surface area contributed by atoms with E-state index in [2.05, 4.69) is 15.9 Å². The number of nitrogens with two attached hydrogens (primary N) is 1. The SMILES string of the molecule is COc1ccc(COc2ccc(N)cc2)cc1Br. The molecular weight excluding hydrogens is 294 g/mol. The summed E-state index contributed by atoms with van der Waals surface area (Å²) in [7, 11) is 1.64. The number of halogens is 1. The third kappa shape index (κ3) is 3.17. The predicted octanol–water partition coefficient (Wildman–Crippen LogP) is 3.62. The summed E-state index contributed by atoms with van der Waals surface area (Å²) in [5, 5.41) is 0. The number of ether oxygens (including phenoxy) is 2. The van der Waals surface area contributed by atoms with Crippen molar-refractivity contribution < 1.29 is 9.47 Å². The molecule has 0 radical (unpaired) electrons. The topological polar surface area (TPSA) is 44.5 Å². The van der Waals surface area contributed by atoms with Gasteiger partial charge in [0.05, 0.1) is 11.6 Å². The molecular formula is C14H14BrNO2. The minimum Gasteiger partial charge on any atom is -0.496 e. The van der Waals surface area contributed by atoms with Crippen LogP contribution in [0.15, 0.2) is 46.9 Å². The Labute approximate surface area is 115 Å². The molecule has 2 rings (SSSR count). The molecule has 18 heavy (non-hydrogen) atoms. The molecule has 4 heteroatoms. The lowest BCUT2D eigenvalue weighted by atomic mass is 10.2. The molecule has 0 unspecified atom stereocenters. The van der Waals surface area contributed by atoms with Gasteiger partial charge in [0, 0.05) is 5.69 Å². The molecule has 0 bridgehead atoms. The quantitative estimate of drug-likeness (QED) is 0.877. The number of rotatable bonds is 4. The molecule has 2 aromatic rings. The van der Waals surface area contributed by atoms with Crippen molar-refractivity contribution in [2.45, 2.75) is 6.61 Å². The normalized spacial score (nSPS) is 10.1. The maximum Gasteiger partial charge on any atom is 0.133 e. The maximum atomic E-state index is 5.66. The summed E-state index contributed by atoms with van der Waals surface area (Å²) >= 11 is 3.45. The molecule has 0 aliphatic carbocycles. The van der Waals surface area contributed by atoms with Crippen molar-refractivity contribution in [1.82, 2.24) is 0 Å². The Kier molecular flexibility index (Phi) is 4.10. The van der Waals surface area contributed by atoms with Gasteiger partial charge >= 0.3 is 0 Å². The predicted molar refractivity (Wildman–Crippen MR) is 75.9 cm³/mol. The highest BCUT2D eigenvalue weighted by molar-refractivity contribution is 9.10. The zero-order valence-corrected chi connectivity index (χ0v) is 11.6. The van der Waals surface area contributed by atoms with Gasteiger partial charge in [-0.2, -0.15) is 0 Å². The first-order valence-electron chi connectivity index (χ1n) is 5.50. The van der Waals surface area contributed by atoms with E-state index in [1.807, 2.05) is 42.5 Å². The second-order valence-corrected chi connectivity index (χ2v) is 4.68. The average Bonchev–Trinajstić information content (AvgIpc) is 2.38. The molecule has 2 N–H and O–H groups in total. The molecule has 0 atom stereocenters. The van der Waals surface area contributed by atoms with Crippen molar-refractivity contribution >= 4 is 21.6 Å². The third-order valence-electron chi connectivity index (χ3n) is 2.50. The van der Waals surface area contributed by atoms with Crippen LogP contribution >= 0.6 is 15.9 Å². The number of methoxy groups -OCH3 is 1. The van der Waals surface area contributed by atoms with E-state index in [0.717, 1.165) is 27.2 Å². The third-order valence-corrected chi connectivity index (χ3v) is 3.12. The van der Waals surface area contributed by atoms with Crippen LogP contribution in [0, 0.1) is 0 Å². The number of hydrogen-bond donors (Lipinski definition) is 1. The molecule has 0 saturated carbocycles. The van der Waals surface area contributed by atoms with Gasteiger partial charge < -0.3 is 15.2 Å². The van der Waals surface area contributed by atoms with Crippen molar-refractivity contribution in [2.24, 2.45) is 0 Å². The lowest BCUT2D eigenvalue weighted by molar-refractivity contribution is 0.306. The Bertz CT molecular complexity index is 526. The fourth-order valence-corrected chi connectivity index (χ4v) is 2.12. The van der Waals surface area contributed by atoms with E-state index >= 15 is 0 Å². The number of hydrogen-bond acceptors (Lipinski definition) is 3. The highest BCUT2D eigenvalue weighted by atomic mass is 79.9. The van der Waals surface area contributed by atoms with E-state index in [1.165, 1.54) is 0 Å². The minimum absolute atomic E-state index is 0.506. The molecule has 0 heterocycles. The number of anilines is 1. The van der Waals surface area contributed by atoms with Crippen LogP contribution in [0.25, 0.3) is 0 Å². The highest BCUT2D eigenvalue weighted by Crippen LogP contribution is 2.26. The largest absolute Gasteiger partial charge is 0.496 e. The van der Waals surface area contributed by atoms with E-state index in [1.54, 1.807) is 7.11 Å². The van der Waals surface area contributed by atoms with Crippen molar-refractivity contribution in [3.63, 3.8) is 0 Å². The Hall–Kier alpha value is -1.68. The fraction of sp³-hybridized carbons (Fsp3) is 0.143. The summed E-state index contributed by atoms with van der Waals surface area (Å²) in [6.45, 7) is 0.506. The van der Waals surface area contributed by atoms with Crippen molar-refractivity contribution in [1.29, 1.82) is 0 Å². The fourth-order valence-electron chi connectivity index (χ4n) is 1.53. The standard InChI is InChI=1S/C14H14BrNO2/c1-17-14-7-2-10(8-13(14)15)9-18-12-5-3-11(16)4-6-12/h2-8H,9,16H2,1H3. The van der Waals surface area contributed by atoms with Crippen LogP contribution in [0.3, 0.4) is 0 Å². The zero-order valence-electron chi connectivity index (χ0n) is 10.0. The van der Waals surface area contributed by atoms with Crippen LogP contribution in [0.4, 0.5) is 5.69 Å². The molecule has 0 aliphatic rings. The van der Waals surface area contributed by atoms with Gasteiger partial charge in [-0.1, -0.05) is 6.07 Å². The van der Waals surface area contributed by atoms with E-state index in [9.17, 15) is 0 Å². The second kappa shape index (κ2) is 5.78. The first-order chi connectivity index (χ1) is 8.69. The lowest BCUT2D eigenvalue weighted by Crippen LogP contribution is -1.96. The summed E-state index contributed by atoms with van der Waals surface area (Å²) in [4.78, 5) is 0. The molecule has 0 amide bonds. The van der Waals surface area contributed by atoms with E-state index in [0.29, 0.717) is 6.61 Å². The first kappa shape index (κ1) is 12.8. The van der Waals surface area contributed by atoms with Crippen molar-refractivity contribution in [3.8, 4) is 11.5 Å². The summed E-state index contributed by atoms with van der Waals surface area (Å²) < 4.78 is 11.8. The Balaban J connectivity index is 2.02. The Morgan fingerprint density at radius 1 is 1.11 bits per heavy atom. The maximum absolute atomic E-state index is 5.66. The van der Waals surface area contributed by atoms with Crippen LogP contribution in [-0.4, -0.2) is 7.11 Å². The van der Waals surface area contributed by atoms with Crippen LogP contribution in [0.5, 0.6) is 11.5 Å². The number of nitrogen functional groups attached to an aromatic ring is 1. The van der Waals surface area contributed by atoms with Gasteiger partial charge in [0.15, 0.2) is 0 Å². The molecule has 0 saturated heterocycles. The Morgan fingerprint density at radius 3 is 2.44 bits per heavy atom. The van der Waals surface area contributed by atoms with Gasteiger partial charge in [-0.3, -0.25) is 0 Å². The van der Waals surface area contributed by atoms with Gasteiger partial charge in [-0.15, -0.1) is 0 Å². The van der Waals surface area contributed by atoms with Crippen molar-refractivity contribution in [3.05, 3.63) is 52.5 Å². The van der Waals surface area contributed by atoms with Crippen molar-refractivity contribution in [2.75, 3.05) is 12.8 Å². The van der Waals surface area contributed by atoms with E-state index in [-0.39, 0.29) is 0 Å². The van der Waals surface area contributed by atoms with Crippen LogP contribution in [0.2, 0.25) is 0 Å². The van der Waals surface area contributed by atoms with Crippen LogP contribution in [-0.2, 0) is 6.61 Å².